The third kappa shape index (κ3) is 4.88. The van der Waals surface area contributed by atoms with Crippen molar-refractivity contribution in [1.82, 2.24) is 15.5 Å². The smallest absolute Gasteiger partial charge is 0.237 e. The Morgan fingerprint density at radius 2 is 1.88 bits per heavy atom. The normalized spacial score (nSPS) is 19.7. The molecule has 0 aliphatic carbocycles. The molecule has 1 amide bonds. The number of ether oxygens (including phenoxy) is 2. The van der Waals surface area contributed by atoms with Gasteiger partial charge in [0.15, 0.2) is 11.5 Å². The van der Waals surface area contributed by atoms with Gasteiger partial charge in [0.1, 0.15) is 0 Å². The highest BCUT2D eigenvalue weighted by molar-refractivity contribution is 5.85. The maximum Gasteiger partial charge on any atom is 0.237 e. The Morgan fingerprint density at radius 1 is 1.06 bits per heavy atom. The molecule has 34 heavy (non-hydrogen) atoms. The van der Waals surface area contributed by atoms with Gasteiger partial charge < -0.3 is 20.1 Å². The van der Waals surface area contributed by atoms with E-state index in [1.807, 2.05) is 18.2 Å². The van der Waals surface area contributed by atoms with E-state index in [0.717, 1.165) is 43.0 Å². The number of benzene rings is 3. The zero-order valence-electron chi connectivity index (χ0n) is 19.9. The second-order valence-electron chi connectivity index (χ2n) is 9.49. The molecule has 6 nitrogen and oxygen atoms in total. The Labute approximate surface area is 201 Å². The molecule has 3 aromatic rings. The van der Waals surface area contributed by atoms with Crippen LogP contribution in [-0.4, -0.2) is 48.8 Å². The molecule has 1 saturated heterocycles. The van der Waals surface area contributed by atoms with E-state index < -0.39 is 0 Å². The van der Waals surface area contributed by atoms with Crippen molar-refractivity contribution in [2.45, 2.75) is 51.4 Å². The molecule has 0 radical (unpaired) electrons. The average molecular weight is 460 g/mol. The lowest BCUT2D eigenvalue weighted by molar-refractivity contribution is -0.126. The fraction of sp³-hybridized carbons (Fsp3) is 0.393. The summed E-state index contributed by atoms with van der Waals surface area (Å²) in [5.41, 5.74) is 2.43. The summed E-state index contributed by atoms with van der Waals surface area (Å²) in [6.07, 6.45) is 1.58. The van der Waals surface area contributed by atoms with Crippen LogP contribution in [0.3, 0.4) is 0 Å². The molecule has 2 aliphatic heterocycles. The molecule has 2 aliphatic rings. The molecule has 178 valence electrons. The fourth-order valence-electron chi connectivity index (χ4n) is 5.08. The molecule has 0 bridgehead atoms. The Hall–Kier alpha value is -3.09. The van der Waals surface area contributed by atoms with Crippen LogP contribution < -0.4 is 20.1 Å². The van der Waals surface area contributed by atoms with E-state index >= 15 is 0 Å². The minimum Gasteiger partial charge on any atom is -0.454 e. The van der Waals surface area contributed by atoms with Crippen molar-refractivity contribution >= 4 is 16.7 Å². The van der Waals surface area contributed by atoms with E-state index in [2.05, 4.69) is 71.8 Å². The maximum absolute atomic E-state index is 13.1. The molecule has 2 atom stereocenters. The van der Waals surface area contributed by atoms with Crippen molar-refractivity contribution in [3.63, 3.8) is 0 Å². The van der Waals surface area contributed by atoms with Crippen molar-refractivity contribution in [3.05, 3.63) is 71.8 Å². The van der Waals surface area contributed by atoms with E-state index in [-0.39, 0.29) is 24.8 Å². The first kappa shape index (κ1) is 22.7. The number of amides is 1. The fourth-order valence-corrected chi connectivity index (χ4v) is 5.08. The molecule has 5 rings (SSSR count). The molecule has 0 spiro atoms. The van der Waals surface area contributed by atoms with Crippen LogP contribution in [0, 0.1) is 0 Å². The summed E-state index contributed by atoms with van der Waals surface area (Å²) in [5, 5.41) is 9.43. The molecule has 2 N–H and O–H groups in total. The van der Waals surface area contributed by atoms with Gasteiger partial charge in [-0.05, 0) is 60.7 Å². The summed E-state index contributed by atoms with van der Waals surface area (Å²) in [6.45, 7) is 6.89. The second-order valence-corrected chi connectivity index (χ2v) is 9.49. The van der Waals surface area contributed by atoms with Crippen LogP contribution >= 0.6 is 0 Å². The number of rotatable bonds is 8. The van der Waals surface area contributed by atoms with Gasteiger partial charge in [-0.2, -0.15) is 0 Å². The summed E-state index contributed by atoms with van der Waals surface area (Å²) in [7, 11) is 0. The highest BCUT2D eigenvalue weighted by Crippen LogP contribution is 2.32. The van der Waals surface area contributed by atoms with Crippen LogP contribution in [0.2, 0.25) is 0 Å². The van der Waals surface area contributed by atoms with Gasteiger partial charge in [-0.3, -0.25) is 9.69 Å². The van der Waals surface area contributed by atoms with Crippen molar-refractivity contribution in [1.29, 1.82) is 0 Å². The van der Waals surface area contributed by atoms with Gasteiger partial charge in [0.05, 0.1) is 6.04 Å². The predicted octanol–water partition coefficient (Wildman–Crippen LogP) is 3.87. The van der Waals surface area contributed by atoms with E-state index in [0.29, 0.717) is 12.6 Å². The van der Waals surface area contributed by atoms with Gasteiger partial charge in [0.25, 0.3) is 0 Å². The summed E-state index contributed by atoms with van der Waals surface area (Å²) >= 11 is 0. The molecule has 2 heterocycles. The lowest BCUT2D eigenvalue weighted by atomic mass is 10.0. The van der Waals surface area contributed by atoms with Crippen molar-refractivity contribution in [3.8, 4) is 11.5 Å². The Bertz CT molecular complexity index is 1160. The van der Waals surface area contributed by atoms with Crippen LogP contribution in [0.25, 0.3) is 10.8 Å². The first-order chi connectivity index (χ1) is 16.6. The van der Waals surface area contributed by atoms with Gasteiger partial charge in [-0.25, -0.2) is 0 Å². The molecular weight excluding hydrogens is 426 g/mol. The second kappa shape index (κ2) is 10.0. The maximum atomic E-state index is 13.1. The Kier molecular flexibility index (Phi) is 6.70. The average Bonchev–Trinajstić information content (AvgIpc) is 3.49. The SMILES string of the molecule is CC(C)N1C[C@@H](NCc2cccc3ccccc23)C[C@H]1C(=O)NCCc1ccc2c(c1)OCO2. The molecular formula is C28H33N3O3. The summed E-state index contributed by atoms with van der Waals surface area (Å²) in [4.78, 5) is 15.4. The number of carbonyl (C=O) groups excluding carboxylic acids is 1. The first-order valence-corrected chi connectivity index (χ1v) is 12.2. The van der Waals surface area contributed by atoms with Gasteiger partial charge in [0.2, 0.25) is 12.7 Å². The van der Waals surface area contributed by atoms with Crippen LogP contribution in [0.4, 0.5) is 0 Å². The van der Waals surface area contributed by atoms with Gasteiger partial charge in [-0.15, -0.1) is 0 Å². The van der Waals surface area contributed by atoms with Crippen molar-refractivity contribution < 1.29 is 14.3 Å². The highest BCUT2D eigenvalue weighted by atomic mass is 16.7. The van der Waals surface area contributed by atoms with E-state index in [1.165, 1.54) is 16.3 Å². The Balaban J connectivity index is 1.16. The van der Waals surface area contributed by atoms with Gasteiger partial charge in [0, 0.05) is 31.7 Å². The molecule has 0 saturated carbocycles. The number of nitrogens with zero attached hydrogens (tertiary/aromatic N) is 1. The first-order valence-electron chi connectivity index (χ1n) is 12.2. The van der Waals surface area contributed by atoms with Gasteiger partial charge in [-0.1, -0.05) is 48.5 Å². The topological polar surface area (TPSA) is 62.8 Å². The summed E-state index contributed by atoms with van der Waals surface area (Å²) in [6, 6.07) is 21.4. The third-order valence-corrected chi connectivity index (χ3v) is 6.92. The summed E-state index contributed by atoms with van der Waals surface area (Å²) in [5.74, 6) is 1.68. The number of likely N-dealkylation sites (tertiary alicyclic amines) is 1. The standard InChI is InChI=1S/C28H33N3O3/c1-19(2)31-17-23(30-16-22-8-5-7-21-6-3-4-9-24(21)22)15-25(31)28(32)29-13-12-20-10-11-26-27(14-20)34-18-33-26/h3-11,14,19,23,25,30H,12-13,15-18H2,1-2H3,(H,29,32)/t23-,25-/m0/s1. The number of fused-ring (bicyclic) bond motifs is 2. The van der Waals surface area contributed by atoms with E-state index in [4.69, 9.17) is 9.47 Å². The molecule has 1 fully saturated rings. The predicted molar refractivity (Wildman–Crippen MR) is 134 cm³/mol. The van der Waals surface area contributed by atoms with Crippen LogP contribution in [0.15, 0.2) is 60.7 Å². The zero-order valence-corrected chi connectivity index (χ0v) is 19.9. The molecule has 0 unspecified atom stereocenters. The van der Waals surface area contributed by atoms with Crippen molar-refractivity contribution in [2.24, 2.45) is 0 Å². The quantitative estimate of drug-likeness (QED) is 0.536. The lowest BCUT2D eigenvalue weighted by Gasteiger charge is -2.27. The van der Waals surface area contributed by atoms with E-state index in [9.17, 15) is 4.79 Å². The Morgan fingerprint density at radius 3 is 2.76 bits per heavy atom. The monoisotopic (exact) mass is 459 g/mol. The summed E-state index contributed by atoms with van der Waals surface area (Å²) < 4.78 is 10.8. The minimum atomic E-state index is -0.109. The van der Waals surface area contributed by atoms with Crippen LogP contribution in [0.1, 0.15) is 31.4 Å². The van der Waals surface area contributed by atoms with Gasteiger partial charge >= 0.3 is 0 Å². The molecule has 0 aromatic heterocycles. The largest absolute Gasteiger partial charge is 0.454 e. The number of carbonyl (C=O) groups is 1. The lowest BCUT2D eigenvalue weighted by Crippen LogP contribution is -2.46. The van der Waals surface area contributed by atoms with Crippen LogP contribution in [0.5, 0.6) is 11.5 Å². The van der Waals surface area contributed by atoms with Crippen LogP contribution in [-0.2, 0) is 17.8 Å². The highest BCUT2D eigenvalue weighted by Gasteiger charge is 2.37. The zero-order chi connectivity index (χ0) is 23.5. The van der Waals surface area contributed by atoms with E-state index in [1.54, 1.807) is 0 Å². The molecule has 6 heteroatoms. The minimum absolute atomic E-state index is 0.109. The number of nitrogens with one attached hydrogen (secondary N) is 2. The number of hydrogen-bond acceptors (Lipinski definition) is 5. The molecule has 3 aromatic carbocycles. The number of hydrogen-bond donors (Lipinski definition) is 2. The third-order valence-electron chi connectivity index (χ3n) is 6.92. The van der Waals surface area contributed by atoms with Crippen molar-refractivity contribution in [2.75, 3.05) is 19.9 Å².